The Morgan fingerprint density at radius 3 is 2.47 bits per heavy atom. The molecule has 86 valence electrons. The zero-order valence-corrected chi connectivity index (χ0v) is 11.1. The van der Waals surface area contributed by atoms with Gasteiger partial charge < -0.3 is 9.47 Å². The maximum Gasteiger partial charge on any atom is 0.174 e. The molecule has 1 aliphatic heterocycles. The zero-order valence-electron chi connectivity index (χ0n) is 9.51. The predicted octanol–water partition coefficient (Wildman–Crippen LogP) is 2.95. The summed E-state index contributed by atoms with van der Waals surface area (Å²) in [6, 6.07) is 0. The molecule has 0 unspecified atom stereocenters. The van der Waals surface area contributed by atoms with Crippen LogP contribution in [0, 0.1) is 16.7 Å². The fourth-order valence-corrected chi connectivity index (χ4v) is 5.24. The van der Waals surface area contributed by atoms with E-state index < -0.39 is 0 Å². The summed E-state index contributed by atoms with van der Waals surface area (Å²) in [6.45, 7) is 6.33. The zero-order chi connectivity index (χ0) is 10.7. The molecule has 3 atom stereocenters. The summed E-state index contributed by atoms with van der Waals surface area (Å²) in [6.07, 6.45) is 3.69. The third kappa shape index (κ3) is 0.985. The highest BCUT2D eigenvalue weighted by atomic mass is 79.9. The Kier molecular flexibility index (Phi) is 2.10. The van der Waals surface area contributed by atoms with E-state index in [0.717, 1.165) is 30.9 Å². The van der Waals surface area contributed by atoms with Crippen molar-refractivity contribution < 1.29 is 9.47 Å². The van der Waals surface area contributed by atoms with Crippen LogP contribution in [0.5, 0.6) is 0 Å². The first-order valence-electron chi connectivity index (χ1n) is 5.92. The fourth-order valence-electron chi connectivity index (χ4n) is 4.17. The van der Waals surface area contributed by atoms with Gasteiger partial charge in [0.15, 0.2) is 5.79 Å². The summed E-state index contributed by atoms with van der Waals surface area (Å²) in [4.78, 5) is 0. The van der Waals surface area contributed by atoms with E-state index in [1.54, 1.807) is 0 Å². The Bertz CT molecular complexity index is 287. The maximum atomic E-state index is 5.99. The van der Waals surface area contributed by atoms with Gasteiger partial charge in [0.05, 0.1) is 13.2 Å². The van der Waals surface area contributed by atoms with Crippen molar-refractivity contribution in [2.24, 2.45) is 16.7 Å². The highest BCUT2D eigenvalue weighted by Gasteiger charge is 2.72. The van der Waals surface area contributed by atoms with Crippen molar-refractivity contribution in [3.8, 4) is 0 Å². The lowest BCUT2D eigenvalue weighted by Crippen LogP contribution is -2.49. The van der Waals surface area contributed by atoms with E-state index in [1.807, 2.05) is 0 Å². The molecule has 2 nitrogen and oxygen atoms in total. The van der Waals surface area contributed by atoms with E-state index in [4.69, 9.17) is 9.47 Å². The van der Waals surface area contributed by atoms with Crippen LogP contribution in [0.1, 0.15) is 33.1 Å². The molecule has 1 saturated heterocycles. The minimum Gasteiger partial charge on any atom is -0.347 e. The van der Waals surface area contributed by atoms with E-state index >= 15 is 0 Å². The predicted molar refractivity (Wildman–Crippen MR) is 62.0 cm³/mol. The van der Waals surface area contributed by atoms with Crippen molar-refractivity contribution >= 4 is 15.9 Å². The van der Waals surface area contributed by atoms with Gasteiger partial charge in [0.25, 0.3) is 0 Å². The Morgan fingerprint density at radius 1 is 1.27 bits per heavy atom. The highest BCUT2D eigenvalue weighted by molar-refractivity contribution is 9.09. The number of rotatable bonds is 1. The molecule has 2 aliphatic carbocycles. The van der Waals surface area contributed by atoms with Gasteiger partial charge in [-0.3, -0.25) is 0 Å². The molecule has 0 amide bonds. The second-order valence-corrected chi connectivity index (χ2v) is 6.33. The lowest BCUT2D eigenvalue weighted by atomic mass is 9.68. The minimum atomic E-state index is -0.252. The van der Waals surface area contributed by atoms with Gasteiger partial charge in [0.2, 0.25) is 0 Å². The van der Waals surface area contributed by atoms with Crippen molar-refractivity contribution in [1.29, 1.82) is 0 Å². The van der Waals surface area contributed by atoms with Crippen molar-refractivity contribution in [2.45, 2.75) is 38.9 Å². The highest BCUT2D eigenvalue weighted by Crippen LogP contribution is 2.72. The van der Waals surface area contributed by atoms with Crippen LogP contribution >= 0.6 is 15.9 Å². The Hall–Kier alpha value is 0.400. The van der Waals surface area contributed by atoms with Crippen LogP contribution in [0.3, 0.4) is 0 Å². The van der Waals surface area contributed by atoms with E-state index in [0.29, 0.717) is 5.41 Å². The molecule has 1 spiro atoms. The number of halogens is 1. The van der Waals surface area contributed by atoms with Gasteiger partial charge in [0, 0.05) is 17.2 Å². The second kappa shape index (κ2) is 2.99. The van der Waals surface area contributed by atoms with Crippen LogP contribution in [0.2, 0.25) is 0 Å². The smallest absolute Gasteiger partial charge is 0.174 e. The maximum absolute atomic E-state index is 5.99. The summed E-state index contributed by atoms with van der Waals surface area (Å²) in [5.41, 5.74) is 0.544. The normalized spacial score (nSPS) is 51.8. The van der Waals surface area contributed by atoms with Crippen LogP contribution in [0.4, 0.5) is 0 Å². The summed E-state index contributed by atoms with van der Waals surface area (Å²) >= 11 is 3.71. The Morgan fingerprint density at radius 2 is 1.93 bits per heavy atom. The molecule has 3 aliphatic rings. The fraction of sp³-hybridized carbons (Fsp3) is 1.00. The SMILES string of the molecule is C[C@]1(CBr)[C@H]2CC[C@]1(C)C1(C2)OCCO1. The van der Waals surface area contributed by atoms with Crippen molar-refractivity contribution in [1.82, 2.24) is 0 Å². The Balaban J connectivity index is 2.05. The molecule has 0 aromatic heterocycles. The van der Waals surface area contributed by atoms with Gasteiger partial charge in [-0.25, -0.2) is 0 Å². The standard InChI is InChI=1S/C12H19BrO2/c1-10(8-13)9-3-4-11(10,2)12(7-9)14-5-6-15-12/h9H,3-8H2,1-2H3/t9-,10-,11-/m0/s1. The first-order valence-corrected chi connectivity index (χ1v) is 7.04. The average Bonchev–Trinajstić information content (AvgIpc) is 2.83. The van der Waals surface area contributed by atoms with Crippen LogP contribution in [0.25, 0.3) is 0 Å². The molecule has 3 rings (SSSR count). The lowest BCUT2D eigenvalue weighted by molar-refractivity contribution is -0.236. The summed E-state index contributed by atoms with van der Waals surface area (Å²) in [5.74, 6) is 0.512. The van der Waals surface area contributed by atoms with Crippen LogP contribution in [0.15, 0.2) is 0 Å². The van der Waals surface area contributed by atoms with E-state index in [1.165, 1.54) is 12.8 Å². The third-order valence-electron chi connectivity index (χ3n) is 5.54. The lowest BCUT2D eigenvalue weighted by Gasteiger charge is -2.45. The molecule has 15 heavy (non-hydrogen) atoms. The van der Waals surface area contributed by atoms with Crippen molar-refractivity contribution in [2.75, 3.05) is 18.5 Å². The summed E-state index contributed by atoms with van der Waals surface area (Å²) in [7, 11) is 0. The molecule has 0 aromatic carbocycles. The average molecular weight is 275 g/mol. The molecule has 3 fully saturated rings. The van der Waals surface area contributed by atoms with Crippen molar-refractivity contribution in [3.05, 3.63) is 0 Å². The minimum absolute atomic E-state index is 0.199. The summed E-state index contributed by atoms with van der Waals surface area (Å²) < 4.78 is 12.0. The third-order valence-corrected chi connectivity index (χ3v) is 6.71. The van der Waals surface area contributed by atoms with Gasteiger partial charge in [-0.15, -0.1) is 0 Å². The van der Waals surface area contributed by atoms with Crippen molar-refractivity contribution in [3.63, 3.8) is 0 Å². The van der Waals surface area contributed by atoms with Gasteiger partial charge in [0.1, 0.15) is 0 Å². The largest absolute Gasteiger partial charge is 0.347 e. The quantitative estimate of drug-likeness (QED) is 0.685. The van der Waals surface area contributed by atoms with Gasteiger partial charge in [-0.05, 0) is 24.2 Å². The first kappa shape index (κ1) is 10.5. The number of alkyl halides is 1. The number of hydrogen-bond acceptors (Lipinski definition) is 2. The second-order valence-electron chi connectivity index (χ2n) is 5.77. The van der Waals surface area contributed by atoms with Crippen LogP contribution in [-0.4, -0.2) is 24.3 Å². The summed E-state index contributed by atoms with van der Waals surface area (Å²) in [5, 5.41) is 1.07. The number of ether oxygens (including phenoxy) is 2. The van der Waals surface area contributed by atoms with Gasteiger partial charge in [-0.2, -0.15) is 0 Å². The van der Waals surface area contributed by atoms with Gasteiger partial charge in [-0.1, -0.05) is 29.8 Å². The number of hydrogen-bond donors (Lipinski definition) is 0. The molecular formula is C12H19BrO2. The Labute approximate surface area is 99.8 Å². The van der Waals surface area contributed by atoms with Gasteiger partial charge >= 0.3 is 0 Å². The molecular weight excluding hydrogens is 256 g/mol. The molecule has 2 bridgehead atoms. The molecule has 2 saturated carbocycles. The topological polar surface area (TPSA) is 18.5 Å². The van der Waals surface area contributed by atoms with E-state index in [2.05, 4.69) is 29.8 Å². The van der Waals surface area contributed by atoms with E-state index in [-0.39, 0.29) is 11.2 Å². The van der Waals surface area contributed by atoms with Crippen LogP contribution in [-0.2, 0) is 9.47 Å². The molecule has 0 N–H and O–H groups in total. The molecule has 0 radical (unpaired) electrons. The number of fused-ring (bicyclic) bond motifs is 3. The first-order chi connectivity index (χ1) is 7.08. The molecule has 3 heteroatoms. The molecule has 0 aromatic rings. The monoisotopic (exact) mass is 274 g/mol. The van der Waals surface area contributed by atoms with E-state index in [9.17, 15) is 0 Å². The van der Waals surface area contributed by atoms with Crippen LogP contribution < -0.4 is 0 Å². The molecule has 1 heterocycles.